The predicted octanol–water partition coefficient (Wildman–Crippen LogP) is 2.54. The molecule has 5 rings (SSSR count). The lowest BCUT2D eigenvalue weighted by Crippen LogP contribution is -2.50. The summed E-state index contributed by atoms with van der Waals surface area (Å²) in [6, 6.07) is 7.72. The van der Waals surface area contributed by atoms with E-state index in [4.69, 9.17) is 16.3 Å². The lowest BCUT2D eigenvalue weighted by atomic mass is 9.99. The molecule has 3 N–H and O–H groups in total. The molecule has 0 radical (unpaired) electrons. The first-order valence-corrected chi connectivity index (χ1v) is 11.0. The van der Waals surface area contributed by atoms with Crippen LogP contribution in [0.2, 0.25) is 5.02 Å². The van der Waals surface area contributed by atoms with Crippen molar-refractivity contribution in [2.24, 2.45) is 0 Å². The number of nitrogens with zero attached hydrogens (tertiary/aromatic N) is 2. The van der Waals surface area contributed by atoms with Crippen LogP contribution in [0.15, 0.2) is 30.5 Å². The van der Waals surface area contributed by atoms with Gasteiger partial charge in [0.25, 0.3) is 5.91 Å². The largest absolute Gasteiger partial charge is 0.479 e. The Labute approximate surface area is 185 Å². The molecule has 8 heteroatoms. The van der Waals surface area contributed by atoms with E-state index in [-0.39, 0.29) is 5.91 Å². The standard InChI is InChI=1S/C23H25ClN4O3/c1-13(29)8-16-12-19-17(2-3-26-22(19)27-16)18-11-15(24)9-14-10-20(31-21(14)18)23(30)28-6-4-25-5-7-28/h2-3,9,11-13,20,25,29H,4-8,10H2,1H3,(H,26,27)/t13-,20+/m0/s1. The van der Waals surface area contributed by atoms with E-state index in [9.17, 15) is 9.90 Å². The second kappa shape index (κ2) is 8.15. The highest BCUT2D eigenvalue weighted by Gasteiger charge is 2.35. The molecule has 4 heterocycles. The smallest absolute Gasteiger partial charge is 0.264 e. The van der Waals surface area contributed by atoms with Crippen molar-refractivity contribution in [1.82, 2.24) is 20.2 Å². The SMILES string of the molecule is C[C@H](O)Cc1cc2c(-c3cc(Cl)cc4c3O[C@@H](C(=O)N3CCNCC3)C4)ccnc2[nH]1. The Balaban J connectivity index is 1.52. The normalized spacial score (nSPS) is 19.3. The predicted molar refractivity (Wildman–Crippen MR) is 119 cm³/mol. The van der Waals surface area contributed by atoms with Crippen LogP contribution in [0.1, 0.15) is 18.2 Å². The number of carbonyl (C=O) groups is 1. The van der Waals surface area contributed by atoms with Crippen molar-refractivity contribution in [3.8, 4) is 16.9 Å². The molecule has 0 saturated carbocycles. The number of pyridine rings is 1. The van der Waals surface area contributed by atoms with Gasteiger partial charge in [0.1, 0.15) is 11.4 Å². The molecule has 31 heavy (non-hydrogen) atoms. The summed E-state index contributed by atoms with van der Waals surface area (Å²) < 4.78 is 6.24. The number of amides is 1. The molecule has 0 bridgehead atoms. The highest BCUT2D eigenvalue weighted by molar-refractivity contribution is 6.31. The number of piperazine rings is 1. The Morgan fingerprint density at radius 3 is 2.90 bits per heavy atom. The van der Waals surface area contributed by atoms with Crippen LogP contribution >= 0.6 is 11.6 Å². The summed E-state index contributed by atoms with van der Waals surface area (Å²) in [6.45, 7) is 4.76. The van der Waals surface area contributed by atoms with Gasteiger partial charge in [0.15, 0.2) is 6.10 Å². The minimum Gasteiger partial charge on any atom is -0.479 e. The zero-order valence-electron chi connectivity index (χ0n) is 17.3. The third-order valence-corrected chi connectivity index (χ3v) is 6.11. The highest BCUT2D eigenvalue weighted by Crippen LogP contribution is 2.43. The molecular formula is C23H25ClN4O3. The minimum atomic E-state index is -0.528. The average Bonchev–Trinajstić information content (AvgIpc) is 3.36. The van der Waals surface area contributed by atoms with Crippen molar-refractivity contribution >= 4 is 28.5 Å². The summed E-state index contributed by atoms with van der Waals surface area (Å²) in [5, 5.41) is 14.6. The number of ether oxygens (including phenoxy) is 1. The van der Waals surface area contributed by atoms with E-state index in [1.165, 1.54) is 0 Å². The van der Waals surface area contributed by atoms with Gasteiger partial charge in [-0.15, -0.1) is 0 Å². The Morgan fingerprint density at radius 1 is 1.32 bits per heavy atom. The number of carbonyl (C=O) groups excluding carboxylic acids is 1. The Hall–Kier alpha value is -2.61. The number of aliphatic hydroxyl groups is 1. The molecule has 0 spiro atoms. The van der Waals surface area contributed by atoms with Gasteiger partial charge in [0.2, 0.25) is 0 Å². The first-order chi connectivity index (χ1) is 15.0. The van der Waals surface area contributed by atoms with Crippen LogP contribution in [0.25, 0.3) is 22.2 Å². The number of benzene rings is 1. The number of H-pyrrole nitrogens is 1. The van der Waals surface area contributed by atoms with Crippen molar-refractivity contribution in [2.75, 3.05) is 26.2 Å². The van der Waals surface area contributed by atoms with E-state index in [0.717, 1.165) is 46.5 Å². The molecule has 2 atom stereocenters. The van der Waals surface area contributed by atoms with Gasteiger partial charge in [-0.25, -0.2) is 4.98 Å². The van der Waals surface area contributed by atoms with Crippen LogP contribution in [0.3, 0.4) is 0 Å². The van der Waals surface area contributed by atoms with Crippen LogP contribution in [0, 0.1) is 0 Å². The maximum Gasteiger partial charge on any atom is 0.264 e. The maximum atomic E-state index is 13.0. The first kappa shape index (κ1) is 20.3. The van der Waals surface area contributed by atoms with E-state index in [1.807, 2.05) is 29.2 Å². The van der Waals surface area contributed by atoms with Gasteiger partial charge in [-0.05, 0) is 36.8 Å². The van der Waals surface area contributed by atoms with Gasteiger partial charge < -0.3 is 25.0 Å². The van der Waals surface area contributed by atoms with Crippen LogP contribution in [-0.4, -0.2) is 64.3 Å². The van der Waals surface area contributed by atoms with Gasteiger partial charge in [-0.2, -0.15) is 0 Å². The van der Waals surface area contributed by atoms with Gasteiger partial charge in [-0.1, -0.05) is 11.6 Å². The molecule has 0 unspecified atom stereocenters. The Morgan fingerprint density at radius 2 is 2.13 bits per heavy atom. The third kappa shape index (κ3) is 3.89. The molecule has 2 aromatic heterocycles. The van der Waals surface area contributed by atoms with Crippen LogP contribution < -0.4 is 10.1 Å². The highest BCUT2D eigenvalue weighted by atomic mass is 35.5. The number of hydrogen-bond donors (Lipinski definition) is 3. The van der Waals surface area contributed by atoms with Gasteiger partial charge in [0, 0.05) is 72.4 Å². The third-order valence-electron chi connectivity index (χ3n) is 5.89. The van der Waals surface area contributed by atoms with Crippen molar-refractivity contribution in [2.45, 2.75) is 32.0 Å². The monoisotopic (exact) mass is 440 g/mol. The fraction of sp³-hybridized carbons (Fsp3) is 0.391. The second-order valence-electron chi connectivity index (χ2n) is 8.30. The van der Waals surface area contributed by atoms with E-state index in [1.54, 1.807) is 13.1 Å². The molecule has 3 aromatic rings. The number of hydrogen-bond acceptors (Lipinski definition) is 5. The van der Waals surface area contributed by atoms with Crippen molar-refractivity contribution < 1.29 is 14.6 Å². The summed E-state index contributed by atoms with van der Waals surface area (Å²) >= 11 is 6.46. The van der Waals surface area contributed by atoms with Crippen molar-refractivity contribution in [1.29, 1.82) is 0 Å². The lowest BCUT2D eigenvalue weighted by Gasteiger charge is -2.29. The summed E-state index contributed by atoms with van der Waals surface area (Å²) in [6.07, 6.45) is 1.79. The molecule has 1 aromatic carbocycles. The lowest BCUT2D eigenvalue weighted by molar-refractivity contribution is -0.138. The molecular weight excluding hydrogens is 416 g/mol. The number of fused-ring (bicyclic) bond motifs is 2. The maximum absolute atomic E-state index is 13.0. The molecule has 1 fully saturated rings. The summed E-state index contributed by atoms with van der Waals surface area (Å²) in [5.74, 6) is 0.740. The van der Waals surface area contributed by atoms with E-state index >= 15 is 0 Å². The van der Waals surface area contributed by atoms with E-state index < -0.39 is 12.2 Å². The number of aromatic amines is 1. The van der Waals surface area contributed by atoms with Crippen molar-refractivity contribution in [3.05, 3.63) is 46.7 Å². The van der Waals surface area contributed by atoms with Crippen LogP contribution in [-0.2, 0) is 17.6 Å². The average molecular weight is 441 g/mol. The number of aliphatic hydroxyl groups excluding tert-OH is 1. The fourth-order valence-corrected chi connectivity index (χ4v) is 4.74. The van der Waals surface area contributed by atoms with Gasteiger partial charge in [-0.3, -0.25) is 4.79 Å². The molecule has 162 valence electrons. The Bertz CT molecular complexity index is 1140. The van der Waals surface area contributed by atoms with E-state index in [0.29, 0.717) is 36.7 Å². The van der Waals surface area contributed by atoms with E-state index in [2.05, 4.69) is 15.3 Å². The summed E-state index contributed by atoms with van der Waals surface area (Å²) in [5.41, 5.74) is 4.39. The van der Waals surface area contributed by atoms with Crippen LogP contribution in [0.5, 0.6) is 5.75 Å². The number of nitrogens with one attached hydrogen (secondary N) is 2. The minimum absolute atomic E-state index is 0.0283. The molecule has 1 amide bonds. The zero-order valence-corrected chi connectivity index (χ0v) is 18.1. The Kier molecular flexibility index (Phi) is 5.33. The quantitative estimate of drug-likeness (QED) is 0.580. The number of aromatic nitrogens is 2. The van der Waals surface area contributed by atoms with Crippen LogP contribution in [0.4, 0.5) is 0 Å². The van der Waals surface area contributed by atoms with Gasteiger partial charge >= 0.3 is 0 Å². The second-order valence-corrected chi connectivity index (χ2v) is 8.73. The molecule has 2 aliphatic heterocycles. The molecule has 7 nitrogen and oxygen atoms in total. The fourth-order valence-electron chi connectivity index (χ4n) is 4.50. The molecule has 2 aliphatic rings. The molecule has 1 saturated heterocycles. The van der Waals surface area contributed by atoms with Gasteiger partial charge in [0.05, 0.1) is 6.10 Å². The van der Waals surface area contributed by atoms with Crippen molar-refractivity contribution in [3.63, 3.8) is 0 Å². The topological polar surface area (TPSA) is 90.5 Å². The summed E-state index contributed by atoms with van der Waals surface area (Å²) in [4.78, 5) is 22.6. The number of rotatable bonds is 4. The zero-order chi connectivity index (χ0) is 21.5. The molecule has 0 aliphatic carbocycles. The summed E-state index contributed by atoms with van der Waals surface area (Å²) in [7, 11) is 0. The number of halogens is 1. The first-order valence-electron chi connectivity index (χ1n) is 10.6.